The molecule has 3 amide bonds. The van der Waals surface area contributed by atoms with Gasteiger partial charge in [-0.25, -0.2) is 9.78 Å². The van der Waals surface area contributed by atoms with E-state index in [1.807, 2.05) is 19.9 Å². The third-order valence-electron chi connectivity index (χ3n) is 4.90. The Bertz CT molecular complexity index is 1030. The van der Waals surface area contributed by atoms with Crippen LogP contribution >= 0.6 is 0 Å². The predicted octanol–water partition coefficient (Wildman–Crippen LogP) is 1.55. The molecular formula is C20H24N4O5. The number of urea groups is 1. The van der Waals surface area contributed by atoms with Crippen molar-refractivity contribution >= 4 is 23.6 Å². The normalized spacial score (nSPS) is 18.9. The zero-order chi connectivity index (χ0) is 21.2. The van der Waals surface area contributed by atoms with Crippen LogP contribution < -0.4 is 10.9 Å². The number of carbonyl (C=O) groups excluding carboxylic acids is 3. The standard InChI is InChI=1S/C20H24N4O5/c1-4-5-8-20(3)18(27)24(19(28)22-20)11-17(26)29-12-14-9-16(25)23-10-13(2)6-7-15(23)21-14/h6-7,9-10H,4-5,8,11-12H2,1-3H3,(H,22,28)/t20-/m1/s1. The van der Waals surface area contributed by atoms with Gasteiger partial charge in [0.1, 0.15) is 24.3 Å². The first-order valence-electron chi connectivity index (χ1n) is 9.52. The van der Waals surface area contributed by atoms with Gasteiger partial charge in [-0.05, 0) is 31.9 Å². The molecule has 29 heavy (non-hydrogen) atoms. The average molecular weight is 400 g/mol. The van der Waals surface area contributed by atoms with Gasteiger partial charge in [0.25, 0.3) is 11.5 Å². The van der Waals surface area contributed by atoms with Crippen LogP contribution in [0.1, 0.15) is 44.4 Å². The van der Waals surface area contributed by atoms with Gasteiger partial charge in [0, 0.05) is 12.3 Å². The van der Waals surface area contributed by atoms with Crippen molar-refractivity contribution in [3.8, 4) is 0 Å². The fraction of sp³-hybridized carbons (Fsp3) is 0.450. The van der Waals surface area contributed by atoms with Gasteiger partial charge in [0.05, 0.1) is 5.69 Å². The summed E-state index contributed by atoms with van der Waals surface area (Å²) in [7, 11) is 0. The maximum Gasteiger partial charge on any atom is 0.326 e. The maximum atomic E-state index is 12.6. The molecule has 0 spiro atoms. The number of imide groups is 1. The summed E-state index contributed by atoms with van der Waals surface area (Å²) >= 11 is 0. The lowest BCUT2D eigenvalue weighted by molar-refractivity contribution is -0.148. The molecule has 1 aliphatic rings. The summed E-state index contributed by atoms with van der Waals surface area (Å²) in [5.41, 5.74) is 0.359. The minimum absolute atomic E-state index is 0.227. The van der Waals surface area contributed by atoms with E-state index in [-0.39, 0.29) is 17.9 Å². The third-order valence-corrected chi connectivity index (χ3v) is 4.90. The highest BCUT2D eigenvalue weighted by Gasteiger charge is 2.47. The van der Waals surface area contributed by atoms with Crippen LogP contribution in [0.4, 0.5) is 4.79 Å². The lowest BCUT2D eigenvalue weighted by Gasteiger charge is -2.21. The maximum absolute atomic E-state index is 12.6. The van der Waals surface area contributed by atoms with Gasteiger partial charge in [-0.2, -0.15) is 0 Å². The number of carbonyl (C=O) groups is 3. The first-order chi connectivity index (χ1) is 13.7. The summed E-state index contributed by atoms with van der Waals surface area (Å²) in [4.78, 5) is 54.2. The zero-order valence-corrected chi connectivity index (χ0v) is 16.7. The molecule has 1 fully saturated rings. The number of fused-ring (bicyclic) bond motifs is 1. The Balaban J connectivity index is 1.64. The number of unbranched alkanes of at least 4 members (excludes halogenated alkanes) is 1. The number of aryl methyl sites for hydroxylation is 1. The molecule has 2 aromatic rings. The molecule has 9 nitrogen and oxygen atoms in total. The van der Waals surface area contributed by atoms with Crippen LogP contribution in [0.15, 0.2) is 29.2 Å². The van der Waals surface area contributed by atoms with E-state index in [2.05, 4.69) is 10.3 Å². The zero-order valence-electron chi connectivity index (χ0n) is 16.7. The molecule has 1 aliphatic heterocycles. The van der Waals surface area contributed by atoms with Crippen LogP contribution in [0.2, 0.25) is 0 Å². The molecule has 0 aliphatic carbocycles. The highest BCUT2D eigenvalue weighted by molar-refractivity contribution is 6.08. The third kappa shape index (κ3) is 4.28. The monoisotopic (exact) mass is 400 g/mol. The molecule has 9 heteroatoms. The Morgan fingerprint density at radius 3 is 2.76 bits per heavy atom. The van der Waals surface area contributed by atoms with Crippen LogP contribution in [0.25, 0.3) is 5.65 Å². The molecule has 0 aromatic carbocycles. The molecule has 2 aromatic heterocycles. The Morgan fingerprint density at radius 2 is 2.03 bits per heavy atom. The van der Waals surface area contributed by atoms with Crippen molar-refractivity contribution in [1.82, 2.24) is 19.6 Å². The number of ether oxygens (including phenoxy) is 1. The smallest absolute Gasteiger partial charge is 0.326 e. The van der Waals surface area contributed by atoms with Gasteiger partial charge in [0.2, 0.25) is 0 Å². The summed E-state index contributed by atoms with van der Waals surface area (Å²) in [6.45, 7) is 4.80. The summed E-state index contributed by atoms with van der Waals surface area (Å²) in [5.74, 6) is -1.19. The van der Waals surface area contributed by atoms with Crippen LogP contribution in [0, 0.1) is 6.92 Å². The Labute approximate surface area is 167 Å². The molecule has 0 radical (unpaired) electrons. The van der Waals surface area contributed by atoms with Gasteiger partial charge in [0.15, 0.2) is 0 Å². The van der Waals surface area contributed by atoms with E-state index < -0.39 is 30.0 Å². The molecule has 0 bridgehead atoms. The molecule has 3 heterocycles. The number of hydrogen-bond acceptors (Lipinski definition) is 6. The van der Waals surface area contributed by atoms with Crippen LogP contribution in [0.5, 0.6) is 0 Å². The average Bonchev–Trinajstić information content (AvgIpc) is 2.89. The molecule has 154 valence electrons. The number of nitrogens with zero attached hydrogens (tertiary/aromatic N) is 3. The quantitative estimate of drug-likeness (QED) is 0.558. The Kier molecular flexibility index (Phi) is 5.67. The molecule has 1 N–H and O–H groups in total. The van der Waals surface area contributed by atoms with Gasteiger partial charge < -0.3 is 10.1 Å². The highest BCUT2D eigenvalue weighted by atomic mass is 16.5. The van der Waals surface area contributed by atoms with Crippen molar-refractivity contribution in [2.75, 3.05) is 6.54 Å². The second-order valence-corrected chi connectivity index (χ2v) is 7.44. The van der Waals surface area contributed by atoms with E-state index in [4.69, 9.17) is 4.74 Å². The molecule has 3 rings (SSSR count). The second-order valence-electron chi connectivity index (χ2n) is 7.44. The lowest BCUT2D eigenvalue weighted by atomic mass is 9.95. The number of esters is 1. The van der Waals surface area contributed by atoms with E-state index in [0.717, 1.165) is 23.3 Å². The molecule has 1 atom stereocenters. The topological polar surface area (TPSA) is 110 Å². The van der Waals surface area contributed by atoms with Crippen LogP contribution in [-0.2, 0) is 20.9 Å². The minimum Gasteiger partial charge on any atom is -0.458 e. The van der Waals surface area contributed by atoms with Crippen molar-refractivity contribution in [3.05, 3.63) is 46.0 Å². The first kappa shape index (κ1) is 20.5. The minimum atomic E-state index is -1.000. The summed E-state index contributed by atoms with van der Waals surface area (Å²) < 4.78 is 6.55. The van der Waals surface area contributed by atoms with Gasteiger partial charge in [-0.1, -0.05) is 25.8 Å². The van der Waals surface area contributed by atoms with E-state index in [1.54, 1.807) is 19.2 Å². The second kappa shape index (κ2) is 8.02. The van der Waals surface area contributed by atoms with Crippen LogP contribution in [0.3, 0.4) is 0 Å². The van der Waals surface area contributed by atoms with Crippen LogP contribution in [-0.4, -0.2) is 44.3 Å². The van der Waals surface area contributed by atoms with E-state index >= 15 is 0 Å². The lowest BCUT2D eigenvalue weighted by Crippen LogP contribution is -2.44. The number of nitrogens with one attached hydrogen (secondary N) is 1. The van der Waals surface area contributed by atoms with Gasteiger partial charge in [-0.3, -0.25) is 23.7 Å². The SMILES string of the molecule is CCCC[C@@]1(C)NC(=O)N(CC(=O)OCc2cc(=O)n3cc(C)ccc3n2)C1=O. The van der Waals surface area contributed by atoms with E-state index in [0.29, 0.717) is 12.1 Å². The van der Waals surface area contributed by atoms with Gasteiger partial charge in [-0.15, -0.1) is 0 Å². The predicted molar refractivity (Wildman–Crippen MR) is 104 cm³/mol. The van der Waals surface area contributed by atoms with Crippen molar-refractivity contribution in [2.45, 2.75) is 52.2 Å². The fourth-order valence-corrected chi connectivity index (χ4v) is 3.25. The number of amides is 3. The van der Waals surface area contributed by atoms with E-state index in [9.17, 15) is 19.2 Å². The van der Waals surface area contributed by atoms with Crippen molar-refractivity contribution < 1.29 is 19.1 Å². The number of hydrogen-bond donors (Lipinski definition) is 1. The fourth-order valence-electron chi connectivity index (χ4n) is 3.25. The Hall–Kier alpha value is -3.23. The number of pyridine rings is 1. The molecular weight excluding hydrogens is 376 g/mol. The Morgan fingerprint density at radius 1 is 1.28 bits per heavy atom. The molecule has 1 saturated heterocycles. The highest BCUT2D eigenvalue weighted by Crippen LogP contribution is 2.23. The largest absolute Gasteiger partial charge is 0.458 e. The summed E-state index contributed by atoms with van der Waals surface area (Å²) in [5, 5.41) is 2.65. The summed E-state index contributed by atoms with van der Waals surface area (Å²) in [6, 6.07) is 4.20. The van der Waals surface area contributed by atoms with Gasteiger partial charge >= 0.3 is 12.0 Å². The van der Waals surface area contributed by atoms with E-state index in [1.165, 1.54) is 10.5 Å². The molecule has 0 saturated carbocycles. The first-order valence-corrected chi connectivity index (χ1v) is 9.52. The van der Waals surface area contributed by atoms with Crippen molar-refractivity contribution in [3.63, 3.8) is 0 Å². The number of rotatable bonds is 7. The van der Waals surface area contributed by atoms with Crippen molar-refractivity contribution in [2.24, 2.45) is 0 Å². The summed E-state index contributed by atoms with van der Waals surface area (Å²) in [6.07, 6.45) is 3.85. The van der Waals surface area contributed by atoms with Crippen molar-refractivity contribution in [1.29, 1.82) is 0 Å². The number of aromatic nitrogens is 2. The molecule has 0 unspecified atom stereocenters.